The Balaban J connectivity index is 1.71. The van der Waals surface area contributed by atoms with Crippen LogP contribution in [0.3, 0.4) is 0 Å². The summed E-state index contributed by atoms with van der Waals surface area (Å²) >= 11 is 6.85. The summed E-state index contributed by atoms with van der Waals surface area (Å²) in [5, 5.41) is 6.78. The van der Waals surface area contributed by atoms with Gasteiger partial charge in [-0.1, -0.05) is 69.8 Å². The number of Topliss-reactive ketones (excluding diaryl/α,β-unsaturated/α-hetero) is 2. The van der Waals surface area contributed by atoms with E-state index in [2.05, 4.69) is 15.6 Å². The lowest BCUT2D eigenvalue weighted by molar-refractivity contribution is -0.147. The Morgan fingerprint density at radius 2 is 1.82 bits per heavy atom. The molecule has 9 nitrogen and oxygen atoms in total. The molecule has 2 aliphatic rings. The third-order valence-corrected chi connectivity index (χ3v) is 9.67. The molecule has 0 unspecified atom stereocenters. The second-order valence-electron chi connectivity index (χ2n) is 12.3. The zero-order valence-electron chi connectivity index (χ0n) is 26.1. The number of amides is 3. The molecule has 2 aromatic rings. The maximum absolute atomic E-state index is 14.1. The number of carbonyl (C=O) groups excluding carboxylic acids is 5. The number of hydrogen-bond acceptors (Lipinski definition) is 6. The lowest BCUT2D eigenvalue weighted by Crippen LogP contribution is -2.59. The summed E-state index contributed by atoms with van der Waals surface area (Å²) < 4.78 is 0. The van der Waals surface area contributed by atoms with Crippen molar-refractivity contribution in [2.75, 3.05) is 6.54 Å². The first kappa shape index (κ1) is 33.6. The fourth-order valence-corrected chi connectivity index (χ4v) is 6.59. The summed E-state index contributed by atoms with van der Waals surface area (Å²) in [6, 6.07) is 4.57. The standard InChI is InChI=1S/C34H45ClN4O5/c1-4-21(3)30-34(44)39-18-12-11-17-27(39)28(41)19-22(13-7-6-8-14-23(40)5-2)32(42)38-31(33(43)37-30)25-20-36-26-16-10-9-15-24(26)29(25)35/h9-10,15-16,20-22,27,30-31H,4-8,11-14,17-19H2,1-3H3,(H,37,43)(H,38,42)/t21-,22-,27-,30+,31-/m1/s1. The van der Waals surface area contributed by atoms with Gasteiger partial charge in [0, 0.05) is 48.9 Å². The number of ketones is 2. The number of benzene rings is 1. The monoisotopic (exact) mass is 624 g/mol. The molecule has 44 heavy (non-hydrogen) atoms. The van der Waals surface area contributed by atoms with Gasteiger partial charge in [-0.3, -0.25) is 29.0 Å². The number of pyridine rings is 1. The smallest absolute Gasteiger partial charge is 0.248 e. The van der Waals surface area contributed by atoms with Crippen molar-refractivity contribution in [3.63, 3.8) is 0 Å². The molecule has 0 aliphatic carbocycles. The van der Waals surface area contributed by atoms with E-state index < -0.39 is 35.9 Å². The summed E-state index contributed by atoms with van der Waals surface area (Å²) in [5.74, 6) is -2.06. The number of nitrogens with one attached hydrogen (secondary N) is 2. The number of carbonyl (C=O) groups is 5. The van der Waals surface area contributed by atoms with Crippen LogP contribution < -0.4 is 10.6 Å². The molecule has 0 radical (unpaired) electrons. The highest BCUT2D eigenvalue weighted by atomic mass is 35.5. The number of nitrogens with zero attached hydrogens (tertiary/aromatic N) is 2. The lowest BCUT2D eigenvalue weighted by Gasteiger charge is -2.39. The zero-order chi connectivity index (χ0) is 31.8. The van der Waals surface area contributed by atoms with E-state index in [0.717, 1.165) is 25.7 Å². The number of rotatable bonds is 10. The van der Waals surface area contributed by atoms with E-state index in [0.29, 0.717) is 66.6 Å². The summed E-state index contributed by atoms with van der Waals surface area (Å²) in [4.78, 5) is 73.8. The van der Waals surface area contributed by atoms with Crippen LogP contribution in [0.4, 0.5) is 0 Å². The fraction of sp³-hybridized carbons (Fsp3) is 0.588. The number of fused-ring (bicyclic) bond motifs is 2. The Hall–Kier alpha value is -3.33. The zero-order valence-corrected chi connectivity index (χ0v) is 26.8. The van der Waals surface area contributed by atoms with E-state index in [1.54, 1.807) is 11.0 Å². The van der Waals surface area contributed by atoms with Crippen LogP contribution in [0.15, 0.2) is 30.5 Å². The molecule has 2 aliphatic heterocycles. The van der Waals surface area contributed by atoms with Gasteiger partial charge in [0.2, 0.25) is 17.7 Å². The van der Waals surface area contributed by atoms with Gasteiger partial charge in [-0.05, 0) is 44.1 Å². The molecular formula is C34H45ClN4O5. The van der Waals surface area contributed by atoms with Crippen molar-refractivity contribution in [1.82, 2.24) is 20.5 Å². The number of hydrogen-bond donors (Lipinski definition) is 2. The first-order chi connectivity index (χ1) is 21.2. The molecular weight excluding hydrogens is 580 g/mol. The van der Waals surface area contributed by atoms with Gasteiger partial charge in [-0.2, -0.15) is 0 Å². The second kappa shape index (κ2) is 15.6. The van der Waals surface area contributed by atoms with Crippen LogP contribution in [0.1, 0.15) is 103 Å². The van der Waals surface area contributed by atoms with Gasteiger partial charge in [-0.15, -0.1) is 0 Å². The molecule has 1 aromatic heterocycles. The van der Waals surface area contributed by atoms with Crippen molar-refractivity contribution < 1.29 is 24.0 Å². The minimum atomic E-state index is -1.22. The van der Waals surface area contributed by atoms with Gasteiger partial charge in [-0.25, -0.2) is 0 Å². The van der Waals surface area contributed by atoms with Crippen LogP contribution >= 0.6 is 11.6 Å². The molecule has 0 spiro atoms. The minimum Gasteiger partial charge on any atom is -0.342 e. The molecule has 238 valence electrons. The quantitative estimate of drug-likeness (QED) is 0.337. The third kappa shape index (κ3) is 7.84. The molecule has 2 saturated heterocycles. The van der Waals surface area contributed by atoms with Crippen molar-refractivity contribution in [1.29, 1.82) is 0 Å². The summed E-state index contributed by atoms with van der Waals surface area (Å²) in [5.41, 5.74) is 0.970. The molecule has 2 fully saturated rings. The van der Waals surface area contributed by atoms with Crippen LogP contribution in [-0.2, 0) is 24.0 Å². The highest BCUT2D eigenvalue weighted by Crippen LogP contribution is 2.32. The fourth-order valence-electron chi connectivity index (χ4n) is 6.27. The van der Waals surface area contributed by atoms with Gasteiger partial charge in [0.25, 0.3) is 0 Å². The van der Waals surface area contributed by atoms with Crippen molar-refractivity contribution >= 4 is 51.8 Å². The molecule has 3 heterocycles. The van der Waals surface area contributed by atoms with Gasteiger partial charge >= 0.3 is 0 Å². The van der Waals surface area contributed by atoms with Crippen LogP contribution in [0.25, 0.3) is 10.9 Å². The first-order valence-corrected chi connectivity index (χ1v) is 16.5. The largest absolute Gasteiger partial charge is 0.342 e. The second-order valence-corrected chi connectivity index (χ2v) is 12.6. The molecule has 3 amide bonds. The predicted octanol–water partition coefficient (Wildman–Crippen LogP) is 5.48. The first-order valence-electron chi connectivity index (χ1n) is 16.1. The van der Waals surface area contributed by atoms with E-state index in [9.17, 15) is 24.0 Å². The predicted molar refractivity (Wildman–Crippen MR) is 170 cm³/mol. The van der Waals surface area contributed by atoms with E-state index in [1.165, 1.54) is 6.20 Å². The molecule has 1 aromatic carbocycles. The van der Waals surface area contributed by atoms with Gasteiger partial charge in [0.15, 0.2) is 5.78 Å². The maximum atomic E-state index is 14.1. The average molecular weight is 625 g/mol. The van der Waals surface area contributed by atoms with Gasteiger partial charge in [0.05, 0.1) is 16.6 Å². The van der Waals surface area contributed by atoms with Gasteiger partial charge < -0.3 is 15.5 Å². The number of piperidine rings is 1. The van der Waals surface area contributed by atoms with Crippen molar-refractivity contribution in [3.05, 3.63) is 41.0 Å². The van der Waals surface area contributed by atoms with E-state index >= 15 is 0 Å². The highest BCUT2D eigenvalue weighted by molar-refractivity contribution is 6.36. The summed E-state index contributed by atoms with van der Waals surface area (Å²) in [7, 11) is 0. The Labute approximate surface area is 264 Å². The van der Waals surface area contributed by atoms with Crippen LogP contribution in [-0.4, -0.2) is 57.8 Å². The minimum absolute atomic E-state index is 0.0276. The SMILES string of the molecule is CCC(=O)CCCCC[C@@H]1CC(=O)[C@H]2CCCCN2C(=O)[C@H]([C@H](C)CC)NC(=O)[C@@H](c2cnc3ccccc3c2Cl)NC1=O. The van der Waals surface area contributed by atoms with Crippen molar-refractivity contribution in [3.8, 4) is 0 Å². The summed E-state index contributed by atoms with van der Waals surface area (Å²) in [6.07, 6.45) is 7.78. The number of aromatic nitrogens is 1. The Morgan fingerprint density at radius 1 is 1.05 bits per heavy atom. The molecule has 2 N–H and O–H groups in total. The van der Waals surface area contributed by atoms with Crippen LogP contribution in [0, 0.1) is 11.8 Å². The van der Waals surface area contributed by atoms with Crippen LogP contribution in [0.5, 0.6) is 0 Å². The topological polar surface area (TPSA) is 126 Å². The normalized spacial score (nSPS) is 24.1. The van der Waals surface area contributed by atoms with Crippen molar-refractivity contribution in [2.24, 2.45) is 11.8 Å². The third-order valence-electron chi connectivity index (χ3n) is 9.25. The molecule has 4 rings (SSSR count). The lowest BCUT2D eigenvalue weighted by atomic mass is 9.87. The molecule has 0 bridgehead atoms. The number of unbranched alkanes of at least 4 members (excludes halogenated alkanes) is 2. The summed E-state index contributed by atoms with van der Waals surface area (Å²) in [6.45, 7) is 6.13. The molecule has 0 saturated carbocycles. The van der Waals surface area contributed by atoms with Gasteiger partial charge in [0.1, 0.15) is 17.9 Å². The highest BCUT2D eigenvalue weighted by Gasteiger charge is 2.41. The van der Waals surface area contributed by atoms with Crippen molar-refractivity contribution in [2.45, 2.75) is 110 Å². The molecule has 10 heteroatoms. The van der Waals surface area contributed by atoms with E-state index in [4.69, 9.17) is 11.6 Å². The van der Waals surface area contributed by atoms with E-state index in [1.807, 2.05) is 39.0 Å². The Morgan fingerprint density at radius 3 is 2.57 bits per heavy atom. The average Bonchev–Trinajstić information content (AvgIpc) is 3.04. The Bertz CT molecular complexity index is 1380. The number of para-hydroxylation sites is 1. The molecule has 5 atom stereocenters. The number of halogens is 1. The maximum Gasteiger partial charge on any atom is 0.248 e. The van der Waals surface area contributed by atoms with Crippen LogP contribution in [0.2, 0.25) is 5.02 Å². The Kier molecular flexibility index (Phi) is 11.9. The van der Waals surface area contributed by atoms with E-state index in [-0.39, 0.29) is 29.8 Å².